The molecule has 1 atom stereocenters. The third kappa shape index (κ3) is 3.36. The summed E-state index contributed by atoms with van der Waals surface area (Å²) in [6.45, 7) is 2.87. The van der Waals surface area contributed by atoms with Gasteiger partial charge in [0.25, 0.3) is 0 Å². The normalized spacial score (nSPS) is 21.3. The van der Waals surface area contributed by atoms with Crippen LogP contribution in [0.25, 0.3) is 0 Å². The molecule has 0 saturated carbocycles. The first kappa shape index (κ1) is 14.1. The van der Waals surface area contributed by atoms with E-state index in [2.05, 4.69) is 4.72 Å². The zero-order chi connectivity index (χ0) is 14.0. The first-order valence-corrected chi connectivity index (χ1v) is 7.59. The number of hydrogen-bond donors (Lipinski definition) is 2. The lowest BCUT2D eigenvalue weighted by atomic mass is 10.0. The van der Waals surface area contributed by atoms with Crippen LogP contribution in [-0.2, 0) is 10.2 Å². The van der Waals surface area contributed by atoms with Crippen molar-refractivity contribution in [2.75, 3.05) is 17.8 Å². The van der Waals surface area contributed by atoms with Crippen molar-refractivity contribution in [3.05, 3.63) is 24.0 Å². The Hall–Kier alpha value is -1.34. The second-order valence-corrected chi connectivity index (χ2v) is 6.55. The summed E-state index contributed by atoms with van der Waals surface area (Å²) in [7, 11) is -3.74. The molecule has 0 bridgehead atoms. The van der Waals surface area contributed by atoms with Gasteiger partial charge in [0.1, 0.15) is 5.75 Å². The SMILES string of the molecule is CC1CCCN(S(=O)(=O)Nc2ccc(O)cc2F)C1. The summed E-state index contributed by atoms with van der Waals surface area (Å²) < 4.78 is 41.3. The fourth-order valence-corrected chi connectivity index (χ4v) is 3.55. The van der Waals surface area contributed by atoms with Gasteiger partial charge in [-0.25, -0.2) is 4.39 Å². The number of anilines is 1. The van der Waals surface area contributed by atoms with E-state index in [-0.39, 0.29) is 11.4 Å². The maximum atomic E-state index is 13.5. The number of phenols is 1. The standard InChI is InChI=1S/C12H17FN2O3S/c1-9-3-2-6-15(8-9)19(17,18)14-12-5-4-10(16)7-11(12)13/h4-5,7,9,14,16H,2-3,6,8H2,1H3. The number of hydrogen-bond acceptors (Lipinski definition) is 3. The van der Waals surface area contributed by atoms with Crippen molar-refractivity contribution < 1.29 is 17.9 Å². The highest BCUT2D eigenvalue weighted by molar-refractivity contribution is 7.90. The van der Waals surface area contributed by atoms with Gasteiger partial charge in [0.15, 0.2) is 5.82 Å². The van der Waals surface area contributed by atoms with E-state index < -0.39 is 16.0 Å². The number of phenolic OH excluding ortho intramolecular Hbond substituents is 1. The molecule has 0 aliphatic carbocycles. The lowest BCUT2D eigenvalue weighted by Crippen LogP contribution is -2.42. The number of nitrogens with zero attached hydrogens (tertiary/aromatic N) is 1. The van der Waals surface area contributed by atoms with Gasteiger partial charge in [-0.3, -0.25) is 4.72 Å². The molecule has 7 heteroatoms. The average Bonchev–Trinajstić information content (AvgIpc) is 2.33. The predicted molar refractivity (Wildman–Crippen MR) is 70.6 cm³/mol. The zero-order valence-electron chi connectivity index (χ0n) is 10.6. The molecule has 106 valence electrons. The van der Waals surface area contributed by atoms with Crippen LogP contribution in [0, 0.1) is 11.7 Å². The third-order valence-corrected chi connectivity index (χ3v) is 4.64. The van der Waals surface area contributed by atoms with Crippen LogP contribution >= 0.6 is 0 Å². The fourth-order valence-electron chi connectivity index (χ4n) is 2.15. The lowest BCUT2D eigenvalue weighted by Gasteiger charge is -2.30. The topological polar surface area (TPSA) is 69.6 Å². The molecule has 1 unspecified atom stereocenters. The summed E-state index contributed by atoms with van der Waals surface area (Å²) in [4.78, 5) is 0. The van der Waals surface area contributed by atoms with Crippen molar-refractivity contribution in [1.29, 1.82) is 0 Å². The Balaban J connectivity index is 2.16. The van der Waals surface area contributed by atoms with E-state index in [1.165, 1.54) is 16.4 Å². The van der Waals surface area contributed by atoms with Gasteiger partial charge >= 0.3 is 10.2 Å². The highest BCUT2D eigenvalue weighted by Gasteiger charge is 2.27. The van der Waals surface area contributed by atoms with Crippen LogP contribution in [0.5, 0.6) is 5.75 Å². The molecule has 1 aromatic rings. The predicted octanol–water partition coefficient (Wildman–Crippen LogP) is 1.92. The van der Waals surface area contributed by atoms with Crippen molar-refractivity contribution in [3.63, 3.8) is 0 Å². The van der Waals surface area contributed by atoms with Gasteiger partial charge in [-0.1, -0.05) is 6.92 Å². The minimum atomic E-state index is -3.74. The molecule has 2 rings (SSSR count). The van der Waals surface area contributed by atoms with E-state index >= 15 is 0 Å². The number of benzene rings is 1. The first-order chi connectivity index (χ1) is 8.88. The Bertz CT molecular complexity index is 562. The first-order valence-electron chi connectivity index (χ1n) is 6.15. The smallest absolute Gasteiger partial charge is 0.301 e. The number of aromatic hydroxyl groups is 1. The maximum absolute atomic E-state index is 13.5. The van der Waals surface area contributed by atoms with E-state index in [1.54, 1.807) is 0 Å². The second kappa shape index (κ2) is 5.34. The molecule has 1 aliphatic rings. The van der Waals surface area contributed by atoms with Crippen molar-refractivity contribution in [1.82, 2.24) is 4.31 Å². The Morgan fingerprint density at radius 3 is 2.84 bits per heavy atom. The van der Waals surface area contributed by atoms with Gasteiger partial charge in [0.2, 0.25) is 0 Å². The van der Waals surface area contributed by atoms with Gasteiger partial charge in [-0.15, -0.1) is 0 Å². The van der Waals surface area contributed by atoms with Crippen LogP contribution in [0.3, 0.4) is 0 Å². The van der Waals surface area contributed by atoms with Crippen LogP contribution in [0.1, 0.15) is 19.8 Å². The molecule has 1 saturated heterocycles. The second-order valence-electron chi connectivity index (χ2n) is 4.88. The average molecular weight is 288 g/mol. The number of halogens is 1. The van der Waals surface area contributed by atoms with Crippen molar-refractivity contribution in [2.45, 2.75) is 19.8 Å². The van der Waals surface area contributed by atoms with E-state index in [9.17, 15) is 12.8 Å². The van der Waals surface area contributed by atoms with E-state index in [0.29, 0.717) is 19.0 Å². The van der Waals surface area contributed by atoms with E-state index in [1.807, 2.05) is 6.92 Å². The van der Waals surface area contributed by atoms with Crippen molar-refractivity contribution in [3.8, 4) is 5.75 Å². The molecule has 0 amide bonds. The molecule has 5 nitrogen and oxygen atoms in total. The van der Waals surface area contributed by atoms with Crippen molar-refractivity contribution >= 4 is 15.9 Å². The maximum Gasteiger partial charge on any atom is 0.301 e. The van der Waals surface area contributed by atoms with E-state index in [4.69, 9.17) is 5.11 Å². The summed E-state index contributed by atoms with van der Waals surface area (Å²) in [5.41, 5.74) is -0.156. The summed E-state index contributed by atoms with van der Waals surface area (Å²) in [6.07, 6.45) is 1.81. The minimum Gasteiger partial charge on any atom is -0.508 e. The minimum absolute atomic E-state index is 0.156. The molecule has 0 aromatic heterocycles. The molecule has 2 N–H and O–H groups in total. The monoisotopic (exact) mass is 288 g/mol. The Kier molecular flexibility index (Phi) is 3.96. The number of piperidine rings is 1. The lowest BCUT2D eigenvalue weighted by molar-refractivity contribution is 0.282. The summed E-state index contributed by atoms with van der Waals surface area (Å²) in [6, 6.07) is 3.31. The van der Waals surface area contributed by atoms with Gasteiger partial charge in [-0.2, -0.15) is 12.7 Å². The molecule has 1 heterocycles. The Morgan fingerprint density at radius 2 is 2.21 bits per heavy atom. The van der Waals surface area contributed by atoms with Crippen LogP contribution < -0.4 is 4.72 Å². The van der Waals surface area contributed by atoms with Gasteiger partial charge < -0.3 is 5.11 Å². The van der Waals surface area contributed by atoms with Crippen LogP contribution in [-0.4, -0.2) is 30.9 Å². The zero-order valence-corrected chi connectivity index (χ0v) is 11.5. The van der Waals surface area contributed by atoms with Gasteiger partial charge in [-0.05, 0) is 30.9 Å². The molecular formula is C12H17FN2O3S. The van der Waals surface area contributed by atoms with Gasteiger partial charge in [0.05, 0.1) is 5.69 Å². The van der Waals surface area contributed by atoms with Crippen LogP contribution in [0.2, 0.25) is 0 Å². The summed E-state index contributed by atoms with van der Waals surface area (Å²) in [5.74, 6) is -0.740. The molecule has 1 fully saturated rings. The van der Waals surface area contributed by atoms with Gasteiger partial charge in [0, 0.05) is 19.2 Å². The molecular weight excluding hydrogens is 271 g/mol. The Morgan fingerprint density at radius 1 is 1.47 bits per heavy atom. The molecule has 0 spiro atoms. The highest BCUT2D eigenvalue weighted by atomic mass is 32.2. The van der Waals surface area contributed by atoms with Crippen LogP contribution in [0.15, 0.2) is 18.2 Å². The molecule has 1 aliphatic heterocycles. The number of nitrogens with one attached hydrogen (secondary N) is 1. The van der Waals surface area contributed by atoms with E-state index in [0.717, 1.165) is 18.9 Å². The largest absolute Gasteiger partial charge is 0.508 e. The number of rotatable bonds is 3. The quantitative estimate of drug-likeness (QED) is 0.835. The van der Waals surface area contributed by atoms with Crippen molar-refractivity contribution in [2.24, 2.45) is 5.92 Å². The third-order valence-electron chi connectivity index (χ3n) is 3.15. The molecule has 19 heavy (non-hydrogen) atoms. The fraction of sp³-hybridized carbons (Fsp3) is 0.500. The highest BCUT2D eigenvalue weighted by Crippen LogP contribution is 2.23. The summed E-state index contributed by atoms with van der Waals surface area (Å²) >= 11 is 0. The van der Waals surface area contributed by atoms with Crippen LogP contribution in [0.4, 0.5) is 10.1 Å². The molecule has 0 radical (unpaired) electrons. The summed E-state index contributed by atoms with van der Waals surface area (Å²) in [5, 5.41) is 9.09. The molecule has 1 aromatic carbocycles. The Labute approximate surface area is 112 Å².